The second kappa shape index (κ2) is 9.01. The van der Waals surface area contributed by atoms with E-state index in [1.54, 1.807) is 12.4 Å². The SMILES string of the molecule is CCN(CC)C(=O)CSc1nnc(-c2cccnc2)n1-c1ccc(C)c(C)c1. The Balaban J connectivity index is 1.99. The number of hydrogen-bond donors (Lipinski definition) is 0. The van der Waals surface area contributed by atoms with Crippen LogP contribution in [0.4, 0.5) is 0 Å². The Kier molecular flexibility index (Phi) is 6.46. The van der Waals surface area contributed by atoms with E-state index < -0.39 is 0 Å². The Hall–Kier alpha value is -2.67. The number of aryl methyl sites for hydroxylation is 2. The molecule has 0 aliphatic heterocycles. The van der Waals surface area contributed by atoms with Gasteiger partial charge in [0.05, 0.1) is 11.4 Å². The molecule has 0 spiro atoms. The molecule has 0 unspecified atom stereocenters. The maximum absolute atomic E-state index is 12.4. The van der Waals surface area contributed by atoms with Crippen LogP contribution in [-0.2, 0) is 4.79 Å². The summed E-state index contributed by atoms with van der Waals surface area (Å²) >= 11 is 1.41. The largest absolute Gasteiger partial charge is 0.343 e. The number of carbonyl (C=O) groups excluding carboxylic acids is 1. The first-order chi connectivity index (χ1) is 13.5. The third-order valence-electron chi connectivity index (χ3n) is 4.74. The van der Waals surface area contributed by atoms with Crippen molar-refractivity contribution in [3.63, 3.8) is 0 Å². The molecule has 28 heavy (non-hydrogen) atoms. The van der Waals surface area contributed by atoms with Crippen LogP contribution < -0.4 is 0 Å². The third-order valence-corrected chi connectivity index (χ3v) is 5.66. The van der Waals surface area contributed by atoms with E-state index in [0.717, 1.165) is 11.3 Å². The second-order valence-corrected chi connectivity index (χ2v) is 7.45. The summed E-state index contributed by atoms with van der Waals surface area (Å²) in [7, 11) is 0. The number of hydrogen-bond acceptors (Lipinski definition) is 5. The quantitative estimate of drug-likeness (QED) is 0.568. The Bertz CT molecular complexity index is 951. The fraction of sp³-hybridized carbons (Fsp3) is 0.333. The lowest BCUT2D eigenvalue weighted by Gasteiger charge is -2.18. The molecular weight excluding hydrogens is 370 g/mol. The molecule has 2 heterocycles. The summed E-state index contributed by atoms with van der Waals surface area (Å²) in [6.07, 6.45) is 3.51. The molecule has 7 heteroatoms. The average molecular weight is 396 g/mol. The number of amides is 1. The van der Waals surface area contributed by atoms with Crippen molar-refractivity contribution in [2.75, 3.05) is 18.8 Å². The summed E-state index contributed by atoms with van der Waals surface area (Å²) in [5.74, 6) is 1.15. The molecule has 0 saturated heterocycles. The fourth-order valence-electron chi connectivity index (χ4n) is 2.94. The third kappa shape index (κ3) is 4.25. The first kappa shape index (κ1) is 20.1. The minimum absolute atomic E-state index is 0.104. The van der Waals surface area contributed by atoms with Gasteiger partial charge in [0.25, 0.3) is 0 Å². The zero-order chi connectivity index (χ0) is 20.1. The highest BCUT2D eigenvalue weighted by Gasteiger charge is 2.19. The number of carbonyl (C=O) groups is 1. The average Bonchev–Trinajstić information content (AvgIpc) is 3.14. The van der Waals surface area contributed by atoms with Crippen molar-refractivity contribution in [1.29, 1.82) is 0 Å². The lowest BCUT2D eigenvalue weighted by Crippen LogP contribution is -2.31. The van der Waals surface area contributed by atoms with E-state index in [0.29, 0.717) is 29.8 Å². The maximum atomic E-state index is 12.4. The van der Waals surface area contributed by atoms with E-state index in [1.807, 2.05) is 35.4 Å². The Morgan fingerprint density at radius 3 is 2.54 bits per heavy atom. The van der Waals surface area contributed by atoms with Crippen LogP contribution in [0.1, 0.15) is 25.0 Å². The summed E-state index contributed by atoms with van der Waals surface area (Å²) in [5, 5.41) is 9.48. The van der Waals surface area contributed by atoms with Crippen molar-refractivity contribution < 1.29 is 4.79 Å². The van der Waals surface area contributed by atoms with E-state index in [9.17, 15) is 4.79 Å². The van der Waals surface area contributed by atoms with Crippen LogP contribution >= 0.6 is 11.8 Å². The number of nitrogens with zero attached hydrogens (tertiary/aromatic N) is 5. The van der Waals surface area contributed by atoms with Gasteiger partial charge in [-0.05, 0) is 63.1 Å². The van der Waals surface area contributed by atoms with Crippen LogP contribution in [0.3, 0.4) is 0 Å². The van der Waals surface area contributed by atoms with Gasteiger partial charge < -0.3 is 4.90 Å². The standard InChI is InChI=1S/C21H25N5OS/c1-5-25(6-2)19(27)14-28-21-24-23-20(17-8-7-11-22-13-17)26(21)18-10-9-15(3)16(4)12-18/h7-13H,5-6,14H2,1-4H3. The zero-order valence-electron chi connectivity index (χ0n) is 16.7. The van der Waals surface area contributed by atoms with Crippen LogP contribution in [-0.4, -0.2) is 49.4 Å². The highest BCUT2D eigenvalue weighted by molar-refractivity contribution is 7.99. The van der Waals surface area contributed by atoms with E-state index >= 15 is 0 Å². The molecule has 6 nitrogen and oxygen atoms in total. The van der Waals surface area contributed by atoms with Crippen LogP contribution in [0.2, 0.25) is 0 Å². The topological polar surface area (TPSA) is 63.9 Å². The first-order valence-corrected chi connectivity index (χ1v) is 10.4. The van der Waals surface area contributed by atoms with Crippen molar-refractivity contribution in [1.82, 2.24) is 24.6 Å². The smallest absolute Gasteiger partial charge is 0.233 e. The fourth-order valence-corrected chi connectivity index (χ4v) is 3.79. The molecule has 0 saturated carbocycles. The van der Waals surface area contributed by atoms with Gasteiger partial charge in [0.15, 0.2) is 11.0 Å². The summed E-state index contributed by atoms with van der Waals surface area (Å²) in [6, 6.07) is 10.1. The van der Waals surface area contributed by atoms with Crippen LogP contribution in [0.15, 0.2) is 47.9 Å². The summed E-state index contributed by atoms with van der Waals surface area (Å²) in [4.78, 5) is 18.5. The molecule has 0 fully saturated rings. The lowest BCUT2D eigenvalue weighted by molar-refractivity contribution is -0.127. The first-order valence-electron chi connectivity index (χ1n) is 9.39. The Labute approximate surface area is 170 Å². The second-order valence-electron chi connectivity index (χ2n) is 6.51. The number of thioether (sulfide) groups is 1. The van der Waals surface area contributed by atoms with Crippen molar-refractivity contribution >= 4 is 17.7 Å². The van der Waals surface area contributed by atoms with E-state index in [2.05, 4.69) is 47.2 Å². The molecule has 1 aromatic carbocycles. The van der Waals surface area contributed by atoms with Crippen molar-refractivity contribution in [3.8, 4) is 17.1 Å². The van der Waals surface area contributed by atoms with Gasteiger partial charge in [-0.3, -0.25) is 14.3 Å². The van der Waals surface area contributed by atoms with Gasteiger partial charge in [-0.2, -0.15) is 0 Å². The molecule has 0 radical (unpaired) electrons. The van der Waals surface area contributed by atoms with Crippen molar-refractivity contribution in [2.45, 2.75) is 32.9 Å². The van der Waals surface area contributed by atoms with Crippen LogP contribution in [0.25, 0.3) is 17.1 Å². The predicted molar refractivity (Wildman–Crippen MR) is 113 cm³/mol. The molecule has 0 N–H and O–H groups in total. The van der Waals surface area contributed by atoms with Gasteiger partial charge in [-0.15, -0.1) is 10.2 Å². The summed E-state index contributed by atoms with van der Waals surface area (Å²) < 4.78 is 2.00. The zero-order valence-corrected chi connectivity index (χ0v) is 17.5. The number of benzene rings is 1. The number of aromatic nitrogens is 4. The van der Waals surface area contributed by atoms with Gasteiger partial charge in [-0.25, -0.2) is 0 Å². The Morgan fingerprint density at radius 2 is 1.89 bits per heavy atom. The Morgan fingerprint density at radius 1 is 1.11 bits per heavy atom. The van der Waals surface area contributed by atoms with Crippen molar-refractivity contribution in [2.24, 2.45) is 0 Å². The van der Waals surface area contributed by atoms with Gasteiger partial charge in [0.1, 0.15) is 0 Å². The molecule has 1 amide bonds. The normalized spacial score (nSPS) is 10.9. The van der Waals surface area contributed by atoms with Crippen LogP contribution in [0, 0.1) is 13.8 Å². The monoisotopic (exact) mass is 395 g/mol. The van der Waals surface area contributed by atoms with Gasteiger partial charge >= 0.3 is 0 Å². The molecular formula is C21H25N5OS. The highest BCUT2D eigenvalue weighted by Crippen LogP contribution is 2.28. The number of rotatable bonds is 7. The maximum Gasteiger partial charge on any atom is 0.233 e. The number of pyridine rings is 1. The van der Waals surface area contributed by atoms with E-state index in [4.69, 9.17) is 0 Å². The van der Waals surface area contributed by atoms with Crippen molar-refractivity contribution in [3.05, 3.63) is 53.9 Å². The molecule has 0 aliphatic rings. The molecule has 0 atom stereocenters. The van der Waals surface area contributed by atoms with E-state index in [1.165, 1.54) is 22.9 Å². The predicted octanol–water partition coefficient (Wildman–Crippen LogP) is 3.91. The summed E-state index contributed by atoms with van der Waals surface area (Å²) in [5.41, 5.74) is 4.28. The molecule has 2 aromatic heterocycles. The summed E-state index contributed by atoms with van der Waals surface area (Å²) in [6.45, 7) is 9.57. The van der Waals surface area contributed by atoms with Crippen LogP contribution in [0.5, 0.6) is 0 Å². The van der Waals surface area contributed by atoms with E-state index in [-0.39, 0.29) is 5.91 Å². The van der Waals surface area contributed by atoms with Gasteiger partial charge in [0, 0.05) is 31.0 Å². The van der Waals surface area contributed by atoms with Gasteiger partial charge in [0.2, 0.25) is 5.91 Å². The molecule has 3 rings (SSSR count). The molecule has 146 valence electrons. The minimum atomic E-state index is 0.104. The lowest BCUT2D eigenvalue weighted by atomic mass is 10.1. The molecule has 0 aliphatic carbocycles. The molecule has 0 bridgehead atoms. The minimum Gasteiger partial charge on any atom is -0.343 e. The molecule has 3 aromatic rings. The highest BCUT2D eigenvalue weighted by atomic mass is 32.2. The van der Waals surface area contributed by atoms with Gasteiger partial charge in [-0.1, -0.05) is 17.8 Å².